The van der Waals surface area contributed by atoms with Gasteiger partial charge in [-0.25, -0.2) is 0 Å². The molecule has 2 aromatic carbocycles. The number of carboxylic acids is 1. The number of carbonyl (C=O) groups is 2. The molecule has 0 saturated heterocycles. The second-order valence-corrected chi connectivity index (χ2v) is 6.91. The second kappa shape index (κ2) is 10.5. The Morgan fingerprint density at radius 2 is 1.44 bits per heavy atom. The highest BCUT2D eigenvalue weighted by Gasteiger charge is 2.18. The van der Waals surface area contributed by atoms with E-state index in [1.807, 2.05) is 50.2 Å². The van der Waals surface area contributed by atoms with Crippen LogP contribution in [-0.4, -0.2) is 47.6 Å². The topological polar surface area (TPSA) is 69.6 Å². The van der Waals surface area contributed by atoms with E-state index in [1.165, 1.54) is 11.1 Å². The minimum absolute atomic E-state index is 0.00626. The lowest BCUT2D eigenvalue weighted by molar-refractivity contribution is -0.139. The van der Waals surface area contributed by atoms with Gasteiger partial charge >= 0.3 is 5.97 Å². The number of amides is 1. The van der Waals surface area contributed by atoms with Crippen molar-refractivity contribution in [3.05, 3.63) is 71.8 Å². The van der Waals surface area contributed by atoms with E-state index in [2.05, 4.69) is 29.6 Å². The van der Waals surface area contributed by atoms with Crippen LogP contribution in [-0.2, 0) is 9.59 Å². The van der Waals surface area contributed by atoms with Gasteiger partial charge in [0.15, 0.2) is 0 Å². The van der Waals surface area contributed by atoms with Crippen molar-refractivity contribution in [3.8, 4) is 0 Å². The highest BCUT2D eigenvalue weighted by molar-refractivity contribution is 5.79. The van der Waals surface area contributed by atoms with Crippen molar-refractivity contribution in [2.45, 2.75) is 32.2 Å². The minimum Gasteiger partial charge on any atom is -0.480 e. The van der Waals surface area contributed by atoms with Gasteiger partial charge in [-0.1, -0.05) is 60.7 Å². The number of nitrogens with zero attached hydrogens (tertiary/aromatic N) is 1. The maximum Gasteiger partial charge on any atom is 0.317 e. The molecule has 0 unspecified atom stereocenters. The Labute approximate surface area is 161 Å². The molecule has 2 rings (SSSR count). The van der Waals surface area contributed by atoms with E-state index in [9.17, 15) is 9.59 Å². The summed E-state index contributed by atoms with van der Waals surface area (Å²) < 4.78 is 0. The summed E-state index contributed by atoms with van der Waals surface area (Å²) in [5.41, 5.74) is 2.43. The first-order valence-corrected chi connectivity index (χ1v) is 9.29. The molecule has 2 aromatic rings. The van der Waals surface area contributed by atoms with Crippen LogP contribution in [0.1, 0.15) is 37.3 Å². The zero-order valence-electron chi connectivity index (χ0n) is 16.0. The standard InChI is InChI=1S/C22H28N2O3/c1-17(2)24(16-22(26)27)15-21(25)23-14-13-20(18-9-5-3-6-10-18)19-11-7-4-8-12-19/h3-12,17,20H,13-16H2,1-2H3,(H,23,25)(H,26,27). The largest absolute Gasteiger partial charge is 0.480 e. The number of aliphatic carboxylic acids is 1. The summed E-state index contributed by atoms with van der Waals surface area (Å²) in [6.45, 7) is 4.26. The Morgan fingerprint density at radius 1 is 0.926 bits per heavy atom. The van der Waals surface area contributed by atoms with E-state index >= 15 is 0 Å². The van der Waals surface area contributed by atoms with E-state index in [0.717, 1.165) is 6.42 Å². The molecule has 2 N–H and O–H groups in total. The van der Waals surface area contributed by atoms with Crippen molar-refractivity contribution in [2.75, 3.05) is 19.6 Å². The van der Waals surface area contributed by atoms with Crippen LogP contribution in [0.2, 0.25) is 0 Å². The molecule has 0 aromatic heterocycles. The number of nitrogens with one attached hydrogen (secondary N) is 1. The minimum atomic E-state index is -0.926. The lowest BCUT2D eigenvalue weighted by atomic mass is 9.88. The molecule has 0 aliphatic heterocycles. The predicted molar refractivity (Wildman–Crippen MR) is 107 cm³/mol. The Morgan fingerprint density at radius 3 is 1.89 bits per heavy atom. The van der Waals surface area contributed by atoms with Crippen LogP contribution >= 0.6 is 0 Å². The maximum absolute atomic E-state index is 12.2. The van der Waals surface area contributed by atoms with Gasteiger partial charge in [-0.15, -0.1) is 0 Å². The van der Waals surface area contributed by atoms with Crippen LogP contribution in [0.5, 0.6) is 0 Å². The highest BCUT2D eigenvalue weighted by atomic mass is 16.4. The normalized spacial score (nSPS) is 11.1. The van der Waals surface area contributed by atoms with Crippen molar-refractivity contribution >= 4 is 11.9 Å². The number of carbonyl (C=O) groups excluding carboxylic acids is 1. The van der Waals surface area contributed by atoms with Gasteiger partial charge in [0, 0.05) is 18.5 Å². The average Bonchev–Trinajstić information content (AvgIpc) is 2.65. The van der Waals surface area contributed by atoms with Gasteiger partial charge < -0.3 is 10.4 Å². The van der Waals surface area contributed by atoms with Crippen molar-refractivity contribution < 1.29 is 14.7 Å². The van der Waals surface area contributed by atoms with Crippen molar-refractivity contribution in [1.82, 2.24) is 10.2 Å². The van der Waals surface area contributed by atoms with Gasteiger partial charge in [0.05, 0.1) is 13.1 Å². The summed E-state index contributed by atoms with van der Waals surface area (Å²) in [5.74, 6) is -0.873. The number of benzene rings is 2. The molecule has 27 heavy (non-hydrogen) atoms. The molecule has 0 saturated carbocycles. The first-order valence-electron chi connectivity index (χ1n) is 9.29. The Kier molecular flexibility index (Phi) is 8.01. The van der Waals surface area contributed by atoms with Crippen molar-refractivity contribution in [2.24, 2.45) is 0 Å². The third-order valence-electron chi connectivity index (χ3n) is 4.57. The van der Waals surface area contributed by atoms with Crippen LogP contribution in [0.4, 0.5) is 0 Å². The summed E-state index contributed by atoms with van der Waals surface area (Å²) in [6.07, 6.45) is 0.778. The van der Waals surface area contributed by atoms with Crippen LogP contribution in [0.15, 0.2) is 60.7 Å². The lowest BCUT2D eigenvalue weighted by Crippen LogP contribution is -2.43. The Bertz CT molecular complexity index is 677. The summed E-state index contributed by atoms with van der Waals surface area (Å²) in [5, 5.41) is 11.9. The van der Waals surface area contributed by atoms with Gasteiger partial charge in [0.1, 0.15) is 0 Å². The fourth-order valence-electron chi connectivity index (χ4n) is 3.09. The first kappa shape index (κ1) is 20.6. The fraction of sp³-hybridized carbons (Fsp3) is 0.364. The number of hydrogen-bond acceptors (Lipinski definition) is 3. The first-order chi connectivity index (χ1) is 13.0. The van der Waals surface area contributed by atoms with Crippen molar-refractivity contribution in [1.29, 1.82) is 0 Å². The maximum atomic E-state index is 12.2. The van der Waals surface area contributed by atoms with Crippen LogP contribution in [0.25, 0.3) is 0 Å². The highest BCUT2D eigenvalue weighted by Crippen LogP contribution is 2.27. The molecule has 0 radical (unpaired) electrons. The molecule has 0 aliphatic carbocycles. The van der Waals surface area contributed by atoms with Crippen molar-refractivity contribution in [3.63, 3.8) is 0 Å². The van der Waals surface area contributed by atoms with E-state index in [-0.39, 0.29) is 31.0 Å². The molecule has 0 atom stereocenters. The Hall–Kier alpha value is -2.66. The van der Waals surface area contributed by atoms with Gasteiger partial charge in [-0.3, -0.25) is 14.5 Å². The molecule has 0 aliphatic rings. The molecule has 144 valence electrons. The summed E-state index contributed by atoms with van der Waals surface area (Å²) in [7, 11) is 0. The van der Waals surface area contributed by atoms with E-state index < -0.39 is 5.97 Å². The number of hydrogen-bond donors (Lipinski definition) is 2. The molecule has 0 fully saturated rings. The van der Waals surface area contributed by atoms with Crippen LogP contribution < -0.4 is 5.32 Å². The molecular formula is C22H28N2O3. The SMILES string of the molecule is CC(C)N(CC(=O)O)CC(=O)NCCC(c1ccccc1)c1ccccc1. The second-order valence-electron chi connectivity index (χ2n) is 6.91. The van der Waals surface area contributed by atoms with Gasteiger partial charge in [0.25, 0.3) is 0 Å². The molecular weight excluding hydrogens is 340 g/mol. The zero-order chi connectivity index (χ0) is 19.6. The quantitative estimate of drug-likeness (QED) is 0.676. The summed E-state index contributed by atoms with van der Waals surface area (Å²) >= 11 is 0. The molecule has 1 amide bonds. The van der Waals surface area contributed by atoms with E-state index in [0.29, 0.717) is 6.54 Å². The lowest BCUT2D eigenvalue weighted by Gasteiger charge is -2.24. The zero-order valence-corrected chi connectivity index (χ0v) is 16.0. The summed E-state index contributed by atoms with van der Waals surface area (Å²) in [4.78, 5) is 24.8. The molecule has 5 heteroatoms. The Balaban J connectivity index is 1.95. The molecule has 0 heterocycles. The fourth-order valence-corrected chi connectivity index (χ4v) is 3.09. The number of rotatable bonds is 10. The van der Waals surface area contributed by atoms with Crippen LogP contribution in [0, 0.1) is 0 Å². The molecule has 5 nitrogen and oxygen atoms in total. The van der Waals surface area contributed by atoms with Gasteiger partial charge in [-0.2, -0.15) is 0 Å². The van der Waals surface area contributed by atoms with E-state index in [1.54, 1.807) is 4.90 Å². The number of carboxylic acid groups (broad SMARTS) is 1. The third-order valence-corrected chi connectivity index (χ3v) is 4.57. The average molecular weight is 368 g/mol. The van der Waals surface area contributed by atoms with E-state index in [4.69, 9.17) is 5.11 Å². The molecule has 0 bridgehead atoms. The molecule has 0 spiro atoms. The van der Waals surface area contributed by atoms with Gasteiger partial charge in [0.2, 0.25) is 5.91 Å². The van der Waals surface area contributed by atoms with Crippen LogP contribution in [0.3, 0.4) is 0 Å². The predicted octanol–water partition coefficient (Wildman–Crippen LogP) is 3.12. The summed E-state index contributed by atoms with van der Waals surface area (Å²) in [6, 6.07) is 20.5. The monoisotopic (exact) mass is 368 g/mol. The smallest absolute Gasteiger partial charge is 0.317 e. The third kappa shape index (κ3) is 6.87. The van der Waals surface area contributed by atoms with Gasteiger partial charge in [-0.05, 0) is 31.4 Å².